The van der Waals surface area contributed by atoms with Crippen molar-refractivity contribution in [3.63, 3.8) is 0 Å². The molecule has 22 heavy (non-hydrogen) atoms. The van der Waals surface area contributed by atoms with Gasteiger partial charge in [0.25, 0.3) is 5.91 Å². The summed E-state index contributed by atoms with van der Waals surface area (Å²) in [5, 5.41) is 4.92. The first-order valence-corrected chi connectivity index (χ1v) is 8.88. The van der Waals surface area contributed by atoms with E-state index in [1.807, 2.05) is 6.92 Å². The summed E-state index contributed by atoms with van der Waals surface area (Å²) < 4.78 is 36.3. The summed E-state index contributed by atoms with van der Waals surface area (Å²) in [7, 11) is -4.13. The van der Waals surface area contributed by atoms with Crippen LogP contribution in [0.5, 0.6) is 0 Å². The number of carbonyl (C=O) groups is 1. The quantitative estimate of drug-likeness (QED) is 0.903. The molecule has 1 heterocycles. The lowest BCUT2D eigenvalue weighted by Crippen LogP contribution is -2.39. The molecule has 7 heteroatoms. The Bertz CT molecular complexity index is 675. The first-order valence-electron chi connectivity index (χ1n) is 7.33. The Morgan fingerprint density at radius 2 is 2.00 bits per heavy atom. The lowest BCUT2D eigenvalue weighted by Gasteiger charge is -2.29. The number of amides is 1. The van der Waals surface area contributed by atoms with Crippen molar-refractivity contribution in [1.29, 1.82) is 0 Å². The Morgan fingerprint density at radius 1 is 1.32 bits per heavy atom. The maximum absolute atomic E-state index is 13.9. The summed E-state index contributed by atoms with van der Waals surface area (Å²) in [6.45, 7) is 4.69. The van der Waals surface area contributed by atoms with Gasteiger partial charge >= 0.3 is 0 Å². The fourth-order valence-electron chi connectivity index (χ4n) is 2.84. The van der Waals surface area contributed by atoms with Gasteiger partial charge in [0.05, 0.1) is 0 Å². The van der Waals surface area contributed by atoms with Crippen molar-refractivity contribution in [2.45, 2.75) is 44.0 Å². The van der Waals surface area contributed by atoms with Gasteiger partial charge in [-0.2, -0.15) is 0 Å². The molecule has 1 aliphatic rings. The summed E-state index contributed by atoms with van der Waals surface area (Å²) in [5.74, 6) is -0.882. The normalized spacial score (nSPS) is 23.2. The molecule has 0 spiro atoms. The summed E-state index contributed by atoms with van der Waals surface area (Å²) in [6.07, 6.45) is 3.03. The van der Waals surface area contributed by atoms with Gasteiger partial charge in [-0.25, -0.2) is 17.9 Å². The summed E-state index contributed by atoms with van der Waals surface area (Å²) in [5.41, 5.74) is 0.144. The molecule has 0 aliphatic carbocycles. The molecule has 2 rings (SSSR count). The van der Waals surface area contributed by atoms with E-state index in [1.54, 1.807) is 4.90 Å². The van der Waals surface area contributed by atoms with Crippen molar-refractivity contribution in [3.8, 4) is 0 Å². The van der Waals surface area contributed by atoms with Crippen LogP contribution in [0, 0.1) is 11.7 Å². The van der Waals surface area contributed by atoms with Crippen LogP contribution in [0.25, 0.3) is 0 Å². The third-order valence-electron chi connectivity index (χ3n) is 4.11. The lowest BCUT2D eigenvalue weighted by molar-refractivity contribution is 0.0677. The molecular weight excluding hydrogens is 307 g/mol. The maximum Gasteiger partial charge on any atom is 0.254 e. The molecule has 1 aromatic rings. The van der Waals surface area contributed by atoms with Crippen LogP contribution in [0.4, 0.5) is 4.39 Å². The number of benzene rings is 1. The van der Waals surface area contributed by atoms with Crippen LogP contribution < -0.4 is 5.14 Å². The first-order chi connectivity index (χ1) is 10.2. The van der Waals surface area contributed by atoms with Crippen LogP contribution in [0.15, 0.2) is 23.1 Å². The van der Waals surface area contributed by atoms with Gasteiger partial charge in [0.1, 0.15) is 10.7 Å². The standard InChI is InChI=1S/C15H21FN2O3S/c1-10-4-3-5-11(2)18(9-10)15(19)12-6-7-14(13(16)8-12)22(17,20)21/h6-8,10-11H,3-5,9H2,1-2H3,(H2,17,20,21)/t10-,11-/m0/s1. The van der Waals surface area contributed by atoms with E-state index >= 15 is 0 Å². The fraction of sp³-hybridized carbons (Fsp3) is 0.533. The number of hydrogen-bond acceptors (Lipinski definition) is 3. The van der Waals surface area contributed by atoms with Crippen LogP contribution in [-0.4, -0.2) is 31.8 Å². The van der Waals surface area contributed by atoms with E-state index in [-0.39, 0.29) is 17.5 Å². The predicted molar refractivity (Wildman–Crippen MR) is 81.3 cm³/mol. The average molecular weight is 328 g/mol. The molecule has 0 bridgehead atoms. The largest absolute Gasteiger partial charge is 0.336 e. The summed E-state index contributed by atoms with van der Waals surface area (Å²) >= 11 is 0. The average Bonchev–Trinajstić information content (AvgIpc) is 2.58. The Labute approximate surface area is 130 Å². The molecule has 1 amide bonds. The Hall–Kier alpha value is -1.47. The van der Waals surface area contributed by atoms with Crippen molar-refractivity contribution < 1.29 is 17.6 Å². The lowest BCUT2D eigenvalue weighted by atomic mass is 10.1. The van der Waals surface area contributed by atoms with E-state index in [0.717, 1.165) is 31.4 Å². The number of nitrogens with zero attached hydrogens (tertiary/aromatic N) is 1. The van der Waals surface area contributed by atoms with Gasteiger partial charge in [0.15, 0.2) is 0 Å². The van der Waals surface area contributed by atoms with Gasteiger partial charge in [0.2, 0.25) is 10.0 Å². The Morgan fingerprint density at radius 3 is 2.59 bits per heavy atom. The highest BCUT2D eigenvalue weighted by Gasteiger charge is 2.27. The van der Waals surface area contributed by atoms with Crippen molar-refractivity contribution in [2.75, 3.05) is 6.54 Å². The number of hydrogen-bond donors (Lipinski definition) is 1. The number of carbonyl (C=O) groups excluding carboxylic acids is 1. The molecule has 2 N–H and O–H groups in total. The minimum absolute atomic E-state index is 0.0819. The maximum atomic E-state index is 13.9. The second-order valence-corrected chi connectivity index (χ2v) is 7.56. The summed E-state index contributed by atoms with van der Waals surface area (Å²) in [4.78, 5) is 13.7. The van der Waals surface area contributed by atoms with Gasteiger partial charge in [0, 0.05) is 18.2 Å². The molecule has 1 aliphatic heterocycles. The monoisotopic (exact) mass is 328 g/mol. The van der Waals surface area contributed by atoms with Gasteiger partial charge < -0.3 is 4.90 Å². The molecule has 0 aromatic heterocycles. The number of sulfonamides is 1. The minimum atomic E-state index is -4.13. The van der Waals surface area contributed by atoms with Gasteiger partial charge in [-0.1, -0.05) is 13.3 Å². The highest BCUT2D eigenvalue weighted by atomic mass is 32.2. The molecule has 1 aromatic carbocycles. The topological polar surface area (TPSA) is 80.5 Å². The SMILES string of the molecule is C[C@H]1CCC[C@H](C)N(C(=O)c2ccc(S(N)(=O)=O)c(F)c2)C1. The smallest absolute Gasteiger partial charge is 0.254 e. The fourth-order valence-corrected chi connectivity index (χ4v) is 3.43. The zero-order chi connectivity index (χ0) is 16.5. The first kappa shape index (κ1) is 16.9. The van der Waals surface area contributed by atoms with Gasteiger partial charge in [-0.05, 0) is 43.9 Å². The Balaban J connectivity index is 2.31. The van der Waals surface area contributed by atoms with E-state index in [2.05, 4.69) is 6.92 Å². The second-order valence-electron chi connectivity index (χ2n) is 6.03. The number of nitrogens with two attached hydrogens (primary N) is 1. The van der Waals surface area contributed by atoms with E-state index in [1.165, 1.54) is 6.07 Å². The highest BCUT2D eigenvalue weighted by molar-refractivity contribution is 7.89. The number of primary sulfonamides is 1. The van der Waals surface area contributed by atoms with Crippen LogP contribution in [0.1, 0.15) is 43.5 Å². The molecule has 5 nitrogen and oxygen atoms in total. The van der Waals surface area contributed by atoms with E-state index < -0.39 is 20.7 Å². The molecule has 0 saturated carbocycles. The van der Waals surface area contributed by atoms with Crippen LogP contribution >= 0.6 is 0 Å². The molecule has 0 radical (unpaired) electrons. The molecular formula is C15H21FN2O3S. The van der Waals surface area contributed by atoms with Gasteiger partial charge in [-0.3, -0.25) is 4.79 Å². The molecule has 2 atom stereocenters. The zero-order valence-corrected chi connectivity index (χ0v) is 13.6. The summed E-state index contributed by atoms with van der Waals surface area (Å²) in [6, 6.07) is 3.39. The molecule has 122 valence electrons. The molecule has 0 unspecified atom stereocenters. The number of likely N-dealkylation sites (tertiary alicyclic amines) is 1. The second kappa shape index (κ2) is 6.34. The molecule has 1 fully saturated rings. The van der Waals surface area contributed by atoms with E-state index in [4.69, 9.17) is 5.14 Å². The van der Waals surface area contributed by atoms with Crippen molar-refractivity contribution in [3.05, 3.63) is 29.6 Å². The number of halogens is 1. The van der Waals surface area contributed by atoms with Crippen molar-refractivity contribution in [2.24, 2.45) is 11.1 Å². The third kappa shape index (κ3) is 3.64. The third-order valence-corrected chi connectivity index (χ3v) is 5.05. The predicted octanol–water partition coefficient (Wildman–Crippen LogP) is 2.12. The van der Waals surface area contributed by atoms with E-state index in [0.29, 0.717) is 12.5 Å². The Kier molecular flexibility index (Phi) is 4.87. The van der Waals surface area contributed by atoms with Crippen molar-refractivity contribution in [1.82, 2.24) is 4.90 Å². The number of rotatable bonds is 2. The van der Waals surface area contributed by atoms with Crippen LogP contribution in [-0.2, 0) is 10.0 Å². The van der Waals surface area contributed by atoms with E-state index in [9.17, 15) is 17.6 Å². The minimum Gasteiger partial charge on any atom is -0.336 e. The van der Waals surface area contributed by atoms with Gasteiger partial charge in [-0.15, -0.1) is 0 Å². The molecule has 1 saturated heterocycles. The van der Waals surface area contributed by atoms with Crippen LogP contribution in [0.3, 0.4) is 0 Å². The van der Waals surface area contributed by atoms with Crippen LogP contribution in [0.2, 0.25) is 0 Å². The zero-order valence-electron chi connectivity index (χ0n) is 12.8. The highest BCUT2D eigenvalue weighted by Crippen LogP contribution is 2.23. The van der Waals surface area contributed by atoms with Crippen molar-refractivity contribution >= 4 is 15.9 Å².